The van der Waals surface area contributed by atoms with Gasteiger partial charge in [-0.1, -0.05) is 0 Å². The normalized spacial score (nSPS) is 15.8. The molecule has 0 spiro atoms. The molecule has 0 aromatic heterocycles. The van der Waals surface area contributed by atoms with Gasteiger partial charge in [-0.2, -0.15) is 0 Å². The quantitative estimate of drug-likeness (QED) is 0.766. The molecule has 0 unspecified atom stereocenters. The minimum Gasteiger partial charge on any atom is -0.147 e. The molecule has 2 nitrogen and oxygen atoms in total. The number of rotatable bonds is 4. The average molecular weight is 348 g/mol. The van der Waals surface area contributed by atoms with E-state index in [4.69, 9.17) is 0 Å². The molecular formula is C12H27Cl2NOSiTi. The number of hydrogen-bond acceptors (Lipinski definition) is 2. The van der Waals surface area contributed by atoms with Gasteiger partial charge < -0.3 is 0 Å². The maximum absolute atomic E-state index is 9.39. The molecule has 0 radical (unpaired) electrons. The van der Waals surface area contributed by atoms with E-state index >= 15 is 0 Å². The summed E-state index contributed by atoms with van der Waals surface area (Å²) < 4.78 is 6.37. The minimum absolute atomic E-state index is 0. The first kappa shape index (κ1) is 21.2. The van der Waals surface area contributed by atoms with E-state index in [0.29, 0.717) is 0 Å². The number of nitrogens with one attached hydrogen (secondary N) is 1. The number of aliphatic hydroxyl groups excluding tert-OH is 1. The monoisotopic (exact) mass is 347 g/mol. The second kappa shape index (κ2) is 7.07. The van der Waals surface area contributed by atoms with E-state index in [9.17, 15) is 5.11 Å². The zero-order valence-electron chi connectivity index (χ0n) is 11.8. The fourth-order valence-corrected chi connectivity index (χ4v) is 13.9. The van der Waals surface area contributed by atoms with Crippen molar-refractivity contribution in [3.8, 4) is 0 Å². The maximum Gasteiger partial charge on any atom is -0.147 e. The number of allylic oxidation sites excluding steroid dienone is 4. The summed E-state index contributed by atoms with van der Waals surface area (Å²) in [5, 5.41) is 11.8. The van der Waals surface area contributed by atoms with E-state index < -0.39 is 14.3 Å². The molecule has 0 fully saturated rings. The van der Waals surface area contributed by atoms with Crippen molar-refractivity contribution in [2.45, 2.75) is 42.7 Å². The smallest absolute Gasteiger partial charge is 0.147 e. The average Bonchev–Trinajstić information content (AvgIpc) is 2.50. The molecule has 0 saturated heterocycles. The standard InChI is InChI=1S/C5H5.C4H10N.C2H5O.CH3.2ClH.H2Si.Ti/c1-2-4-5-3-1;1-4(2,3)5;1-2-3;;;;;/h1-3H,4H2;5H,1-3H3;3H,1-2H2;1H3;2*1H;1H2;/q;-1;;;;;;+1. The van der Waals surface area contributed by atoms with Crippen LogP contribution in [0.3, 0.4) is 0 Å². The Balaban J connectivity index is 0. The molecule has 108 valence electrons. The fourth-order valence-electron chi connectivity index (χ4n) is 2.69. The molecule has 0 saturated carbocycles. The summed E-state index contributed by atoms with van der Waals surface area (Å²) in [7, 11) is 2.14. The molecule has 0 heterocycles. The first-order valence-corrected chi connectivity index (χ1v) is 14.2. The van der Waals surface area contributed by atoms with Crippen LogP contribution in [-0.2, 0) is 14.3 Å². The number of aliphatic hydroxyl groups is 1. The van der Waals surface area contributed by atoms with Crippen molar-refractivity contribution in [3.63, 3.8) is 0 Å². The Hall–Kier alpha value is 0.911. The van der Waals surface area contributed by atoms with Gasteiger partial charge in [-0.3, -0.25) is 0 Å². The molecule has 2 N–H and O–H groups in total. The van der Waals surface area contributed by atoms with Crippen molar-refractivity contribution >= 4 is 32.4 Å². The van der Waals surface area contributed by atoms with Gasteiger partial charge in [-0.05, 0) is 0 Å². The molecular weight excluding hydrogens is 321 g/mol. The molecule has 1 rings (SSSR count). The number of halogens is 2. The summed E-state index contributed by atoms with van der Waals surface area (Å²) in [6, 6.07) is 0. The predicted octanol–water partition coefficient (Wildman–Crippen LogP) is 2.67. The molecule has 0 atom stereocenters. The van der Waals surface area contributed by atoms with Crippen LogP contribution in [0.4, 0.5) is 0 Å². The van der Waals surface area contributed by atoms with E-state index in [1.807, 2.05) is 0 Å². The largest absolute Gasteiger partial charge is 0.147 e. The van der Waals surface area contributed by atoms with Crippen molar-refractivity contribution < 1.29 is 19.4 Å². The molecule has 0 amide bonds. The summed E-state index contributed by atoms with van der Waals surface area (Å²) in [5.74, 6) is 0. The summed E-state index contributed by atoms with van der Waals surface area (Å²) >= 11 is -2.86. The van der Waals surface area contributed by atoms with Gasteiger partial charge in [0.25, 0.3) is 0 Å². The van der Waals surface area contributed by atoms with Crippen LogP contribution in [0.1, 0.15) is 27.2 Å². The molecule has 18 heavy (non-hydrogen) atoms. The molecule has 0 aliphatic heterocycles. The zero-order chi connectivity index (χ0) is 12.5. The van der Waals surface area contributed by atoms with Gasteiger partial charge in [0.15, 0.2) is 0 Å². The van der Waals surface area contributed by atoms with Crippen molar-refractivity contribution in [1.29, 1.82) is 0 Å². The number of hydrogen-bond donors (Lipinski definition) is 2. The maximum atomic E-state index is 9.39. The van der Waals surface area contributed by atoms with E-state index in [0.717, 1.165) is 11.1 Å². The zero-order valence-corrected chi connectivity index (χ0v) is 16.4. The van der Waals surface area contributed by atoms with Gasteiger partial charge in [-0.15, -0.1) is 24.8 Å². The Bertz CT molecular complexity index is 401. The summed E-state index contributed by atoms with van der Waals surface area (Å²) in [6.45, 7) is 6.94. The summed E-state index contributed by atoms with van der Waals surface area (Å²) in [6.07, 6.45) is 7.70. The topological polar surface area (TPSA) is 32.3 Å². The molecule has 0 bridgehead atoms. The van der Waals surface area contributed by atoms with E-state index in [1.54, 1.807) is 3.88 Å². The van der Waals surface area contributed by atoms with Crippen LogP contribution in [0.5, 0.6) is 0 Å². The molecule has 1 aliphatic carbocycles. The third kappa shape index (κ3) is 5.50. The molecule has 0 aromatic carbocycles. The second-order valence-corrected chi connectivity index (χ2v) is 23.7. The third-order valence-corrected chi connectivity index (χ3v) is 15.6. The molecule has 1 aliphatic rings. The van der Waals surface area contributed by atoms with Crippen LogP contribution >= 0.6 is 24.8 Å². The van der Waals surface area contributed by atoms with Crippen LogP contribution in [0.25, 0.3) is 0 Å². The van der Waals surface area contributed by atoms with Gasteiger partial charge in [0.05, 0.1) is 0 Å². The molecule has 0 aromatic rings. The van der Waals surface area contributed by atoms with E-state index in [1.165, 1.54) is 0 Å². The summed E-state index contributed by atoms with van der Waals surface area (Å²) in [4.78, 5) is 0. The Morgan fingerprint density at radius 3 is 2.28 bits per heavy atom. The predicted molar refractivity (Wildman–Crippen MR) is 85.5 cm³/mol. The van der Waals surface area contributed by atoms with Crippen LogP contribution in [-0.4, -0.2) is 24.9 Å². The Labute approximate surface area is 126 Å². The van der Waals surface area contributed by atoms with Gasteiger partial charge in [0.2, 0.25) is 0 Å². The Kier molecular flexibility index (Phi) is 8.34. The van der Waals surface area contributed by atoms with Crippen LogP contribution in [0, 0.1) is 0 Å². The molecule has 6 heteroatoms. The van der Waals surface area contributed by atoms with Crippen molar-refractivity contribution in [2.75, 3.05) is 6.61 Å². The third-order valence-electron chi connectivity index (χ3n) is 3.23. The second-order valence-electron chi connectivity index (χ2n) is 6.46. The first-order chi connectivity index (χ1) is 7.16. The van der Waals surface area contributed by atoms with Gasteiger partial charge in [0, 0.05) is 0 Å². The van der Waals surface area contributed by atoms with E-state index in [2.05, 4.69) is 55.7 Å². The van der Waals surface area contributed by atoms with E-state index in [-0.39, 0.29) is 37.0 Å². The fraction of sp³-hybridized carbons (Fsp3) is 0.667. The van der Waals surface area contributed by atoms with Gasteiger partial charge in [0.1, 0.15) is 0 Å². The Morgan fingerprint density at radius 2 is 1.94 bits per heavy atom. The summed E-state index contributed by atoms with van der Waals surface area (Å²) in [5.41, 5.74) is 0.117. The Morgan fingerprint density at radius 1 is 1.39 bits per heavy atom. The van der Waals surface area contributed by atoms with Crippen LogP contribution in [0.2, 0.25) is 9.95 Å². The SMILES string of the molecule is CC(C)(C)[NH][Ti]([CH3])(=[SiH2])([CH2]CO)[C]1=CC=CC1.Cl.Cl. The minimum atomic E-state index is -2.86. The van der Waals surface area contributed by atoms with Gasteiger partial charge in [-0.25, -0.2) is 0 Å². The van der Waals surface area contributed by atoms with Crippen LogP contribution in [0.15, 0.2) is 22.1 Å². The van der Waals surface area contributed by atoms with Crippen molar-refractivity contribution in [3.05, 3.63) is 22.1 Å². The van der Waals surface area contributed by atoms with Crippen molar-refractivity contribution in [1.82, 2.24) is 3.80 Å². The van der Waals surface area contributed by atoms with Gasteiger partial charge >= 0.3 is 102 Å². The van der Waals surface area contributed by atoms with Crippen molar-refractivity contribution in [2.24, 2.45) is 0 Å². The van der Waals surface area contributed by atoms with Crippen LogP contribution < -0.4 is 3.80 Å². The first-order valence-electron chi connectivity index (χ1n) is 5.99.